The molecule has 0 unspecified atom stereocenters. The van der Waals surface area contributed by atoms with Gasteiger partial charge in [0.25, 0.3) is 0 Å². The van der Waals surface area contributed by atoms with Gasteiger partial charge in [0.2, 0.25) is 0 Å². The average molecular weight is 153 g/mol. The molecule has 0 heterocycles. The first-order chi connectivity index (χ1) is 5.08. The minimum atomic E-state index is 0.0846. The lowest BCUT2D eigenvalue weighted by molar-refractivity contribution is 0.506. The molecule has 64 valence electrons. The van der Waals surface area contributed by atoms with E-state index in [0.29, 0.717) is 0 Å². The zero-order chi connectivity index (χ0) is 8.91. The van der Waals surface area contributed by atoms with E-state index in [4.69, 9.17) is 0 Å². The van der Waals surface area contributed by atoms with E-state index < -0.39 is 0 Å². The second-order valence-electron chi connectivity index (χ2n) is 3.12. The van der Waals surface area contributed by atoms with Crippen LogP contribution in [0.5, 0.6) is 0 Å². The van der Waals surface area contributed by atoms with E-state index in [1.54, 1.807) is 0 Å². The van der Waals surface area contributed by atoms with Gasteiger partial charge in [0.05, 0.1) is 0 Å². The van der Waals surface area contributed by atoms with Crippen LogP contribution >= 0.6 is 0 Å². The molecule has 0 saturated heterocycles. The Kier molecular flexibility index (Phi) is 4.12. The summed E-state index contributed by atoms with van der Waals surface area (Å²) in [5.74, 6) is 0. The topological polar surface area (TPSA) is 12.0 Å². The van der Waals surface area contributed by atoms with Crippen molar-refractivity contribution in [2.75, 3.05) is 7.05 Å². The summed E-state index contributed by atoms with van der Waals surface area (Å²) in [7, 11) is 1.98. The van der Waals surface area contributed by atoms with E-state index >= 15 is 0 Å². The maximum absolute atomic E-state index is 3.26. The lowest BCUT2D eigenvalue weighted by Gasteiger charge is -2.25. The number of nitrogens with one attached hydrogen (secondary N) is 1. The number of allylic oxidation sites excluding steroid dienone is 2. The van der Waals surface area contributed by atoms with E-state index in [1.807, 2.05) is 14.0 Å². The fourth-order valence-electron chi connectivity index (χ4n) is 0.989. The maximum Gasteiger partial charge on any atom is 0.0371 e. The van der Waals surface area contributed by atoms with Crippen molar-refractivity contribution in [1.29, 1.82) is 0 Å². The lowest BCUT2D eigenvalue weighted by atomic mass is 9.94. The van der Waals surface area contributed by atoms with Crippen LogP contribution in [0.3, 0.4) is 0 Å². The van der Waals surface area contributed by atoms with E-state index in [0.717, 1.165) is 0 Å². The van der Waals surface area contributed by atoms with Crippen LogP contribution in [-0.2, 0) is 0 Å². The van der Waals surface area contributed by atoms with Crippen LogP contribution < -0.4 is 5.32 Å². The number of likely N-dealkylation sites (N-methyl/N-ethyl adjacent to an activating group) is 1. The molecule has 0 aliphatic carbocycles. The Labute approximate surface area is 70.2 Å². The molecule has 0 amide bonds. The van der Waals surface area contributed by atoms with E-state index in [2.05, 4.69) is 44.3 Å². The van der Waals surface area contributed by atoms with Gasteiger partial charge >= 0.3 is 0 Å². The van der Waals surface area contributed by atoms with Gasteiger partial charge in [-0.25, -0.2) is 0 Å². The van der Waals surface area contributed by atoms with Gasteiger partial charge in [-0.15, -0.1) is 0 Å². The third-order valence-electron chi connectivity index (χ3n) is 2.00. The number of rotatable bonds is 3. The predicted octanol–water partition coefficient (Wildman–Crippen LogP) is 2.51. The average Bonchev–Trinajstić information content (AvgIpc) is 2.00. The summed E-state index contributed by atoms with van der Waals surface area (Å²) >= 11 is 0. The van der Waals surface area contributed by atoms with Crippen molar-refractivity contribution in [1.82, 2.24) is 5.32 Å². The first kappa shape index (κ1) is 10.4. The zero-order valence-electron chi connectivity index (χ0n) is 8.23. The summed E-state index contributed by atoms with van der Waals surface area (Å²) in [6, 6.07) is 0. The highest BCUT2D eigenvalue weighted by atomic mass is 14.9. The molecule has 0 aliphatic heterocycles. The SMILES string of the molecule is CC=CC(=CC)C(C)(C)NC. The minimum absolute atomic E-state index is 0.0846. The van der Waals surface area contributed by atoms with Crippen LogP contribution in [0.2, 0.25) is 0 Å². The normalized spacial score (nSPS) is 14.5. The Balaban J connectivity index is 4.51. The van der Waals surface area contributed by atoms with Crippen LogP contribution in [0.15, 0.2) is 23.8 Å². The van der Waals surface area contributed by atoms with Gasteiger partial charge in [-0.3, -0.25) is 0 Å². The molecular formula is C10H19N. The van der Waals surface area contributed by atoms with Crippen LogP contribution in [0, 0.1) is 0 Å². The summed E-state index contributed by atoms with van der Waals surface area (Å²) in [5, 5.41) is 3.26. The highest BCUT2D eigenvalue weighted by Crippen LogP contribution is 2.15. The molecule has 11 heavy (non-hydrogen) atoms. The standard InChI is InChI=1S/C10H19N/c1-6-8-9(7-2)10(3,4)11-5/h6-8,11H,1-5H3. The summed E-state index contributed by atoms with van der Waals surface area (Å²) < 4.78 is 0. The van der Waals surface area contributed by atoms with Gasteiger partial charge in [0.15, 0.2) is 0 Å². The molecule has 0 rings (SSSR count). The van der Waals surface area contributed by atoms with E-state index in [1.165, 1.54) is 5.57 Å². The molecule has 0 spiro atoms. The molecule has 0 bridgehead atoms. The summed E-state index contributed by atoms with van der Waals surface area (Å²) in [4.78, 5) is 0. The van der Waals surface area contributed by atoms with Crippen LogP contribution in [0.4, 0.5) is 0 Å². The Morgan fingerprint density at radius 2 is 1.82 bits per heavy atom. The van der Waals surface area contributed by atoms with Gasteiger partial charge in [-0.1, -0.05) is 18.2 Å². The van der Waals surface area contributed by atoms with Crippen LogP contribution in [0.25, 0.3) is 0 Å². The van der Waals surface area contributed by atoms with Gasteiger partial charge in [-0.2, -0.15) is 0 Å². The Morgan fingerprint density at radius 3 is 2.09 bits per heavy atom. The van der Waals surface area contributed by atoms with Gasteiger partial charge in [0.1, 0.15) is 0 Å². The molecule has 0 atom stereocenters. The summed E-state index contributed by atoms with van der Waals surface area (Å²) in [6.07, 6.45) is 6.33. The van der Waals surface area contributed by atoms with Gasteiger partial charge < -0.3 is 5.32 Å². The molecule has 0 fully saturated rings. The Hall–Kier alpha value is -0.560. The Morgan fingerprint density at radius 1 is 1.27 bits per heavy atom. The predicted molar refractivity (Wildman–Crippen MR) is 51.7 cm³/mol. The fourth-order valence-corrected chi connectivity index (χ4v) is 0.989. The van der Waals surface area contributed by atoms with E-state index in [9.17, 15) is 0 Å². The van der Waals surface area contributed by atoms with Crippen molar-refractivity contribution < 1.29 is 0 Å². The van der Waals surface area contributed by atoms with Crippen molar-refractivity contribution in [2.45, 2.75) is 33.2 Å². The number of hydrogen-bond acceptors (Lipinski definition) is 1. The third kappa shape index (κ3) is 2.89. The third-order valence-corrected chi connectivity index (χ3v) is 2.00. The molecule has 0 saturated carbocycles. The van der Waals surface area contributed by atoms with Gasteiger partial charge in [0, 0.05) is 5.54 Å². The van der Waals surface area contributed by atoms with E-state index in [-0.39, 0.29) is 5.54 Å². The molecule has 0 aromatic carbocycles. The first-order valence-corrected chi connectivity index (χ1v) is 4.07. The second kappa shape index (κ2) is 4.35. The van der Waals surface area contributed by atoms with Crippen molar-refractivity contribution in [3.8, 4) is 0 Å². The lowest BCUT2D eigenvalue weighted by Crippen LogP contribution is -2.37. The first-order valence-electron chi connectivity index (χ1n) is 4.07. The molecule has 0 radical (unpaired) electrons. The fraction of sp³-hybridized carbons (Fsp3) is 0.600. The van der Waals surface area contributed by atoms with Crippen molar-refractivity contribution >= 4 is 0 Å². The highest BCUT2D eigenvalue weighted by Gasteiger charge is 2.16. The molecule has 1 N–H and O–H groups in total. The second-order valence-corrected chi connectivity index (χ2v) is 3.12. The highest BCUT2D eigenvalue weighted by molar-refractivity contribution is 5.28. The Bertz CT molecular complexity index is 164. The van der Waals surface area contributed by atoms with Gasteiger partial charge in [-0.05, 0) is 40.3 Å². The van der Waals surface area contributed by atoms with Crippen LogP contribution in [0.1, 0.15) is 27.7 Å². The number of hydrogen-bond donors (Lipinski definition) is 1. The molecule has 0 aliphatic rings. The molecule has 1 nitrogen and oxygen atoms in total. The summed E-state index contributed by atoms with van der Waals surface area (Å²) in [6.45, 7) is 8.44. The summed E-state index contributed by atoms with van der Waals surface area (Å²) in [5.41, 5.74) is 1.41. The monoisotopic (exact) mass is 153 g/mol. The maximum atomic E-state index is 3.26. The molecule has 1 heteroatoms. The smallest absolute Gasteiger partial charge is 0.0371 e. The molecule has 0 aromatic heterocycles. The quantitative estimate of drug-likeness (QED) is 0.614. The molecule has 0 aromatic rings. The zero-order valence-corrected chi connectivity index (χ0v) is 8.23. The largest absolute Gasteiger partial charge is 0.311 e. The van der Waals surface area contributed by atoms with Crippen LogP contribution in [-0.4, -0.2) is 12.6 Å². The van der Waals surface area contributed by atoms with Crippen molar-refractivity contribution in [3.63, 3.8) is 0 Å². The van der Waals surface area contributed by atoms with Crippen molar-refractivity contribution in [2.24, 2.45) is 0 Å². The molecular weight excluding hydrogens is 134 g/mol. The van der Waals surface area contributed by atoms with Crippen molar-refractivity contribution in [3.05, 3.63) is 23.8 Å². The minimum Gasteiger partial charge on any atom is -0.311 e.